The number of para-hydroxylation sites is 1. The SMILES string of the molecule is Cc1c(C(=O)O[C@H](C)C(=O)NC(=O)NCc2ccccc2)oc2ccccc12. The molecule has 0 unspecified atom stereocenters. The zero-order valence-corrected chi connectivity index (χ0v) is 15.5. The minimum Gasteiger partial charge on any atom is -0.449 e. The largest absolute Gasteiger partial charge is 0.449 e. The molecule has 0 aliphatic heterocycles. The summed E-state index contributed by atoms with van der Waals surface area (Å²) >= 11 is 0. The van der Waals surface area contributed by atoms with Crippen molar-refractivity contribution in [2.75, 3.05) is 0 Å². The number of carbonyl (C=O) groups excluding carboxylic acids is 3. The Morgan fingerprint density at radius 1 is 1.04 bits per heavy atom. The van der Waals surface area contributed by atoms with Gasteiger partial charge in [-0.1, -0.05) is 48.5 Å². The molecule has 7 heteroatoms. The number of imide groups is 1. The standard InChI is InChI=1S/C21H20N2O5/c1-13-16-10-6-7-11-17(16)28-18(13)20(25)27-14(2)19(24)23-21(26)22-12-15-8-4-3-5-9-15/h3-11,14H,12H2,1-2H3,(H2,22,23,24,26)/t14-/m1/s1. The van der Waals surface area contributed by atoms with Gasteiger partial charge in [0.15, 0.2) is 6.10 Å². The molecule has 2 aromatic carbocycles. The highest BCUT2D eigenvalue weighted by Crippen LogP contribution is 2.25. The molecule has 2 N–H and O–H groups in total. The van der Waals surface area contributed by atoms with Crippen molar-refractivity contribution in [2.24, 2.45) is 0 Å². The Morgan fingerprint density at radius 2 is 1.71 bits per heavy atom. The van der Waals surface area contributed by atoms with Crippen molar-refractivity contribution in [3.63, 3.8) is 0 Å². The van der Waals surface area contributed by atoms with E-state index in [1.807, 2.05) is 42.5 Å². The van der Waals surface area contributed by atoms with Gasteiger partial charge in [0.25, 0.3) is 5.91 Å². The van der Waals surface area contributed by atoms with Gasteiger partial charge in [-0.3, -0.25) is 10.1 Å². The Kier molecular flexibility index (Phi) is 5.74. The van der Waals surface area contributed by atoms with Crippen LogP contribution in [-0.2, 0) is 16.1 Å². The summed E-state index contributed by atoms with van der Waals surface area (Å²) in [5, 5.41) is 5.52. The van der Waals surface area contributed by atoms with Gasteiger partial charge in [0.1, 0.15) is 5.58 Å². The highest BCUT2D eigenvalue weighted by atomic mass is 16.6. The molecule has 0 spiro atoms. The summed E-state index contributed by atoms with van der Waals surface area (Å²) in [7, 11) is 0. The van der Waals surface area contributed by atoms with Crippen molar-refractivity contribution in [2.45, 2.75) is 26.5 Å². The van der Waals surface area contributed by atoms with Crippen molar-refractivity contribution in [3.05, 3.63) is 71.5 Å². The van der Waals surface area contributed by atoms with Crippen molar-refractivity contribution in [1.29, 1.82) is 0 Å². The fraction of sp³-hybridized carbons (Fsp3) is 0.190. The summed E-state index contributed by atoms with van der Waals surface area (Å²) in [4.78, 5) is 36.3. The van der Waals surface area contributed by atoms with Crippen LogP contribution in [0.15, 0.2) is 59.0 Å². The summed E-state index contributed by atoms with van der Waals surface area (Å²) in [6, 6.07) is 15.8. The minimum absolute atomic E-state index is 0.0365. The molecule has 7 nitrogen and oxygen atoms in total. The molecule has 0 aliphatic rings. The Morgan fingerprint density at radius 3 is 2.43 bits per heavy atom. The summed E-state index contributed by atoms with van der Waals surface area (Å²) in [5.74, 6) is -1.46. The van der Waals surface area contributed by atoms with Crippen LogP contribution < -0.4 is 10.6 Å². The quantitative estimate of drug-likeness (QED) is 0.662. The second-order valence-electron chi connectivity index (χ2n) is 6.26. The number of carbonyl (C=O) groups is 3. The Balaban J connectivity index is 1.55. The van der Waals surface area contributed by atoms with Gasteiger partial charge in [-0.2, -0.15) is 0 Å². The molecule has 3 aromatic rings. The van der Waals surface area contributed by atoms with Crippen LogP contribution >= 0.6 is 0 Å². The van der Waals surface area contributed by atoms with E-state index in [2.05, 4.69) is 10.6 Å². The van der Waals surface area contributed by atoms with E-state index in [4.69, 9.17) is 9.15 Å². The predicted molar refractivity (Wildman–Crippen MR) is 103 cm³/mol. The first-order valence-electron chi connectivity index (χ1n) is 8.77. The number of esters is 1. The van der Waals surface area contributed by atoms with Gasteiger partial charge < -0.3 is 14.5 Å². The third-order valence-corrected chi connectivity index (χ3v) is 4.21. The molecule has 1 heterocycles. The maximum absolute atomic E-state index is 12.3. The highest BCUT2D eigenvalue weighted by molar-refractivity contribution is 5.99. The van der Waals surface area contributed by atoms with Gasteiger partial charge in [0.2, 0.25) is 5.76 Å². The van der Waals surface area contributed by atoms with Crippen molar-refractivity contribution in [3.8, 4) is 0 Å². The van der Waals surface area contributed by atoms with E-state index in [1.165, 1.54) is 6.92 Å². The van der Waals surface area contributed by atoms with Crippen molar-refractivity contribution in [1.82, 2.24) is 10.6 Å². The lowest BCUT2D eigenvalue weighted by atomic mass is 10.1. The molecule has 0 saturated heterocycles. The fourth-order valence-electron chi connectivity index (χ4n) is 2.67. The van der Waals surface area contributed by atoms with E-state index >= 15 is 0 Å². The average Bonchev–Trinajstić information content (AvgIpc) is 3.04. The van der Waals surface area contributed by atoms with Gasteiger partial charge in [-0.05, 0) is 25.5 Å². The molecule has 1 atom stereocenters. The maximum atomic E-state index is 12.3. The predicted octanol–water partition coefficient (Wildman–Crippen LogP) is 3.31. The summed E-state index contributed by atoms with van der Waals surface area (Å²) in [6.45, 7) is 3.40. The molecule has 3 amide bonds. The number of rotatable bonds is 5. The molecular formula is C21H20N2O5. The molecule has 0 aliphatic carbocycles. The van der Waals surface area contributed by atoms with Gasteiger partial charge in [-0.15, -0.1) is 0 Å². The molecule has 1 aromatic heterocycles. The number of hydrogen-bond acceptors (Lipinski definition) is 5. The zero-order valence-electron chi connectivity index (χ0n) is 15.5. The van der Waals surface area contributed by atoms with Crippen molar-refractivity contribution < 1.29 is 23.5 Å². The second kappa shape index (κ2) is 8.39. The van der Waals surface area contributed by atoms with E-state index in [0.717, 1.165) is 10.9 Å². The molecule has 0 fully saturated rings. The zero-order chi connectivity index (χ0) is 20.1. The maximum Gasteiger partial charge on any atom is 0.375 e. The molecule has 144 valence electrons. The second-order valence-corrected chi connectivity index (χ2v) is 6.26. The van der Waals surface area contributed by atoms with Crippen molar-refractivity contribution >= 4 is 28.9 Å². The van der Waals surface area contributed by atoms with Crippen LogP contribution in [0.3, 0.4) is 0 Å². The van der Waals surface area contributed by atoms with Crippen LogP contribution in [0.1, 0.15) is 28.6 Å². The molecule has 3 rings (SSSR count). The monoisotopic (exact) mass is 380 g/mol. The third-order valence-electron chi connectivity index (χ3n) is 4.21. The van der Waals surface area contributed by atoms with E-state index in [0.29, 0.717) is 11.1 Å². The van der Waals surface area contributed by atoms with Crippen LogP contribution in [0.5, 0.6) is 0 Å². The number of amides is 3. The number of ether oxygens (including phenoxy) is 1. The third kappa shape index (κ3) is 4.37. The van der Waals surface area contributed by atoms with Gasteiger partial charge >= 0.3 is 12.0 Å². The molecule has 28 heavy (non-hydrogen) atoms. The smallest absolute Gasteiger partial charge is 0.375 e. The number of fused-ring (bicyclic) bond motifs is 1. The first-order chi connectivity index (χ1) is 13.5. The lowest BCUT2D eigenvalue weighted by Crippen LogP contribution is -2.44. The van der Waals surface area contributed by atoms with E-state index in [-0.39, 0.29) is 12.3 Å². The van der Waals surface area contributed by atoms with Gasteiger partial charge in [0, 0.05) is 17.5 Å². The normalized spacial score (nSPS) is 11.6. The summed E-state index contributed by atoms with van der Waals surface area (Å²) in [6.07, 6.45) is -1.16. The molecule has 0 radical (unpaired) electrons. The summed E-state index contributed by atoms with van der Waals surface area (Å²) < 4.78 is 10.7. The lowest BCUT2D eigenvalue weighted by Gasteiger charge is -2.13. The Labute approximate surface area is 161 Å². The average molecular weight is 380 g/mol. The van der Waals surface area contributed by atoms with E-state index in [1.54, 1.807) is 19.1 Å². The minimum atomic E-state index is -1.16. The number of urea groups is 1. The number of aryl methyl sites for hydroxylation is 1. The molecule has 0 saturated carbocycles. The lowest BCUT2D eigenvalue weighted by molar-refractivity contribution is -0.128. The van der Waals surface area contributed by atoms with Crippen LogP contribution in [0, 0.1) is 6.92 Å². The molecular weight excluding hydrogens is 360 g/mol. The number of hydrogen-bond donors (Lipinski definition) is 2. The van der Waals surface area contributed by atoms with Crippen LogP contribution in [-0.4, -0.2) is 24.0 Å². The van der Waals surface area contributed by atoms with Crippen LogP contribution in [0.2, 0.25) is 0 Å². The Bertz CT molecular complexity index is 1010. The van der Waals surface area contributed by atoms with Crippen LogP contribution in [0.25, 0.3) is 11.0 Å². The first kappa shape index (κ1) is 19.2. The van der Waals surface area contributed by atoms with Gasteiger partial charge in [0.05, 0.1) is 0 Å². The van der Waals surface area contributed by atoms with Crippen LogP contribution in [0.4, 0.5) is 4.79 Å². The number of furan rings is 1. The van der Waals surface area contributed by atoms with E-state index < -0.39 is 24.0 Å². The Hall–Kier alpha value is -3.61. The number of nitrogens with one attached hydrogen (secondary N) is 2. The summed E-state index contributed by atoms with van der Waals surface area (Å²) in [5.41, 5.74) is 2.09. The molecule has 0 bridgehead atoms. The van der Waals surface area contributed by atoms with Gasteiger partial charge in [-0.25, -0.2) is 9.59 Å². The van der Waals surface area contributed by atoms with E-state index in [9.17, 15) is 14.4 Å². The first-order valence-corrected chi connectivity index (χ1v) is 8.77. The number of benzene rings is 2. The highest BCUT2D eigenvalue weighted by Gasteiger charge is 2.25. The topological polar surface area (TPSA) is 97.6 Å². The fourth-order valence-corrected chi connectivity index (χ4v) is 2.67.